The Bertz CT molecular complexity index is 1080. The maximum Gasteiger partial charge on any atom is 0.326 e. The third kappa shape index (κ3) is 6.80. The zero-order chi connectivity index (χ0) is 22.9. The fourth-order valence-electron chi connectivity index (χ4n) is 3.34. The molecule has 1 atom stereocenters. The summed E-state index contributed by atoms with van der Waals surface area (Å²) < 4.78 is 5.03. The molecule has 6 nitrogen and oxygen atoms in total. The smallest absolute Gasteiger partial charge is 0.326 e. The summed E-state index contributed by atoms with van der Waals surface area (Å²) >= 11 is 0. The number of carboxylic acids is 1. The van der Waals surface area contributed by atoms with Crippen molar-refractivity contribution in [1.82, 2.24) is 5.32 Å². The molecule has 0 heterocycles. The first-order valence-electron chi connectivity index (χ1n) is 10.3. The summed E-state index contributed by atoms with van der Waals surface area (Å²) in [5.41, 5.74) is 3.31. The molecule has 0 aromatic heterocycles. The maximum atomic E-state index is 12.7. The number of carbonyl (C=O) groups excluding carboxylic acids is 2. The molecular weight excluding hydrogens is 406 g/mol. The lowest BCUT2D eigenvalue weighted by atomic mass is 10.0. The molecule has 2 N–H and O–H groups in total. The van der Waals surface area contributed by atoms with Crippen molar-refractivity contribution in [2.75, 3.05) is 0 Å². The van der Waals surface area contributed by atoms with Crippen LogP contribution < -0.4 is 10.1 Å². The van der Waals surface area contributed by atoms with Crippen molar-refractivity contribution in [3.8, 4) is 5.75 Å². The molecule has 0 radical (unpaired) electrons. The number of hydrogen-bond donors (Lipinski definition) is 2. The second-order valence-electron chi connectivity index (χ2n) is 7.49. The molecule has 6 heteroatoms. The number of ether oxygens (including phenoxy) is 1. The summed E-state index contributed by atoms with van der Waals surface area (Å²) in [5, 5.41) is 12.1. The maximum absolute atomic E-state index is 12.7. The number of nitrogens with one attached hydrogen (secondary N) is 1. The zero-order valence-electron chi connectivity index (χ0n) is 17.8. The highest BCUT2D eigenvalue weighted by molar-refractivity contribution is 5.96. The lowest BCUT2D eigenvalue weighted by Gasteiger charge is -2.15. The number of carbonyl (C=O) groups is 3. The number of benzene rings is 3. The Kier molecular flexibility index (Phi) is 7.75. The van der Waals surface area contributed by atoms with Gasteiger partial charge in [0.2, 0.25) is 0 Å². The summed E-state index contributed by atoms with van der Waals surface area (Å²) in [7, 11) is 0. The van der Waals surface area contributed by atoms with E-state index in [0.29, 0.717) is 17.7 Å². The van der Waals surface area contributed by atoms with Gasteiger partial charge < -0.3 is 15.2 Å². The van der Waals surface area contributed by atoms with E-state index in [4.69, 9.17) is 4.74 Å². The minimum absolute atomic E-state index is 0.213. The fraction of sp³-hybridized carbons (Fsp3) is 0.192. The van der Waals surface area contributed by atoms with Gasteiger partial charge in [0.05, 0.1) is 0 Å². The van der Waals surface area contributed by atoms with Crippen molar-refractivity contribution in [3.63, 3.8) is 0 Å². The number of aliphatic carboxylic acids is 1. The Hall–Kier alpha value is -3.93. The average Bonchev–Trinajstić information content (AvgIpc) is 2.78. The van der Waals surface area contributed by atoms with Crippen molar-refractivity contribution < 1.29 is 24.2 Å². The lowest BCUT2D eigenvalue weighted by Crippen LogP contribution is -2.42. The van der Waals surface area contributed by atoms with Crippen LogP contribution in [-0.4, -0.2) is 29.0 Å². The van der Waals surface area contributed by atoms with Gasteiger partial charge in [0, 0.05) is 18.9 Å². The number of aryl methyl sites for hydroxylation is 2. The molecule has 0 fully saturated rings. The van der Waals surface area contributed by atoms with Crippen molar-refractivity contribution in [1.29, 1.82) is 0 Å². The predicted molar refractivity (Wildman–Crippen MR) is 121 cm³/mol. The molecule has 3 rings (SSSR count). The monoisotopic (exact) mass is 431 g/mol. The molecule has 3 aromatic rings. The first kappa shape index (κ1) is 22.7. The van der Waals surface area contributed by atoms with Gasteiger partial charge in [0.15, 0.2) is 0 Å². The molecule has 0 spiro atoms. The predicted octanol–water partition coefficient (Wildman–Crippen LogP) is 3.82. The van der Waals surface area contributed by atoms with Crippen LogP contribution in [0.1, 0.15) is 34.0 Å². The van der Waals surface area contributed by atoms with E-state index in [-0.39, 0.29) is 12.4 Å². The van der Waals surface area contributed by atoms with Crippen LogP contribution in [0.5, 0.6) is 5.75 Å². The summed E-state index contributed by atoms with van der Waals surface area (Å²) in [6.45, 7) is 1.36. The van der Waals surface area contributed by atoms with E-state index in [0.717, 1.165) is 23.1 Å². The fourth-order valence-corrected chi connectivity index (χ4v) is 3.34. The molecule has 3 aromatic carbocycles. The van der Waals surface area contributed by atoms with Crippen LogP contribution in [0, 0.1) is 0 Å². The number of amides is 1. The average molecular weight is 431 g/mol. The van der Waals surface area contributed by atoms with Crippen molar-refractivity contribution in [3.05, 3.63) is 101 Å². The number of hydrogen-bond acceptors (Lipinski definition) is 4. The van der Waals surface area contributed by atoms with E-state index in [2.05, 4.69) is 5.32 Å². The molecule has 0 bridgehead atoms. The molecule has 0 unspecified atom stereocenters. The van der Waals surface area contributed by atoms with E-state index in [1.807, 2.05) is 48.5 Å². The van der Waals surface area contributed by atoms with Gasteiger partial charge in [0.25, 0.3) is 5.91 Å². The van der Waals surface area contributed by atoms with Crippen LogP contribution >= 0.6 is 0 Å². The summed E-state index contributed by atoms with van der Waals surface area (Å²) in [6.07, 6.45) is 1.67. The van der Waals surface area contributed by atoms with Gasteiger partial charge in [-0.05, 0) is 53.8 Å². The van der Waals surface area contributed by atoms with E-state index >= 15 is 0 Å². The molecule has 0 aliphatic rings. The number of carboxylic acid groups (broad SMARTS) is 1. The zero-order valence-corrected chi connectivity index (χ0v) is 17.8. The first-order valence-corrected chi connectivity index (χ1v) is 10.3. The Morgan fingerprint density at radius 2 is 1.50 bits per heavy atom. The van der Waals surface area contributed by atoms with Crippen LogP contribution in [0.4, 0.5) is 0 Å². The molecule has 32 heavy (non-hydrogen) atoms. The van der Waals surface area contributed by atoms with Crippen LogP contribution in [0.25, 0.3) is 0 Å². The Morgan fingerprint density at radius 1 is 0.844 bits per heavy atom. The minimum atomic E-state index is -1.07. The van der Waals surface area contributed by atoms with Crippen LogP contribution in [0.15, 0.2) is 78.9 Å². The SMILES string of the molecule is CC(=O)Oc1ccc(CCc2cccc(C(=O)N[C@@H](Cc3ccccc3)C(=O)O)c2)cc1. The van der Waals surface area contributed by atoms with Gasteiger partial charge in [-0.15, -0.1) is 0 Å². The summed E-state index contributed by atoms with van der Waals surface area (Å²) in [4.78, 5) is 35.3. The molecule has 164 valence electrons. The topological polar surface area (TPSA) is 92.7 Å². The standard InChI is InChI=1S/C26H25NO5/c1-18(28)32-23-14-12-19(13-15-23)10-11-21-8-5-9-22(16-21)25(29)27-24(26(30)31)17-20-6-3-2-4-7-20/h2-9,12-16,24H,10-11,17H2,1H3,(H,27,29)(H,30,31)/t24-/m0/s1. The van der Waals surface area contributed by atoms with Crippen molar-refractivity contribution in [2.24, 2.45) is 0 Å². The van der Waals surface area contributed by atoms with Gasteiger partial charge in [-0.3, -0.25) is 9.59 Å². The van der Waals surface area contributed by atoms with Crippen molar-refractivity contribution >= 4 is 17.8 Å². The molecule has 0 aliphatic heterocycles. The van der Waals surface area contributed by atoms with Gasteiger partial charge in [0.1, 0.15) is 11.8 Å². The van der Waals surface area contributed by atoms with E-state index in [1.54, 1.807) is 30.3 Å². The highest BCUT2D eigenvalue weighted by Crippen LogP contribution is 2.15. The molecule has 0 saturated heterocycles. The van der Waals surface area contributed by atoms with E-state index in [1.165, 1.54) is 6.92 Å². The molecule has 1 amide bonds. The Balaban J connectivity index is 1.61. The minimum Gasteiger partial charge on any atom is -0.480 e. The van der Waals surface area contributed by atoms with Gasteiger partial charge in [-0.25, -0.2) is 4.79 Å². The van der Waals surface area contributed by atoms with Crippen LogP contribution in [0.3, 0.4) is 0 Å². The Morgan fingerprint density at radius 3 is 2.16 bits per heavy atom. The summed E-state index contributed by atoms with van der Waals surface area (Å²) in [6, 6.07) is 22.7. The van der Waals surface area contributed by atoms with Crippen LogP contribution in [-0.2, 0) is 28.9 Å². The van der Waals surface area contributed by atoms with Crippen LogP contribution in [0.2, 0.25) is 0 Å². The third-order valence-electron chi connectivity index (χ3n) is 4.96. The highest BCUT2D eigenvalue weighted by Gasteiger charge is 2.21. The molecule has 0 aliphatic carbocycles. The first-order chi connectivity index (χ1) is 15.4. The molecule has 0 saturated carbocycles. The van der Waals surface area contributed by atoms with E-state index < -0.39 is 17.9 Å². The number of esters is 1. The summed E-state index contributed by atoms with van der Waals surface area (Å²) in [5.74, 6) is -1.35. The lowest BCUT2D eigenvalue weighted by molar-refractivity contribution is -0.139. The molecular formula is C26H25NO5. The van der Waals surface area contributed by atoms with Gasteiger partial charge in [-0.2, -0.15) is 0 Å². The van der Waals surface area contributed by atoms with Crippen molar-refractivity contribution in [2.45, 2.75) is 32.2 Å². The normalized spacial score (nSPS) is 11.4. The quantitative estimate of drug-likeness (QED) is 0.397. The Labute approximate surface area is 186 Å². The van der Waals surface area contributed by atoms with Gasteiger partial charge in [-0.1, -0.05) is 54.6 Å². The van der Waals surface area contributed by atoms with Gasteiger partial charge >= 0.3 is 11.9 Å². The highest BCUT2D eigenvalue weighted by atomic mass is 16.5. The second-order valence-corrected chi connectivity index (χ2v) is 7.49. The third-order valence-corrected chi connectivity index (χ3v) is 4.96. The second kappa shape index (κ2) is 10.9. The number of rotatable bonds is 9. The largest absolute Gasteiger partial charge is 0.480 e. The van der Waals surface area contributed by atoms with E-state index in [9.17, 15) is 19.5 Å².